The van der Waals surface area contributed by atoms with Gasteiger partial charge in [0.25, 0.3) is 8.32 Å². The van der Waals surface area contributed by atoms with E-state index in [4.69, 9.17) is 4.43 Å². The highest BCUT2D eigenvalue weighted by molar-refractivity contribution is 14.1. The number of benzene rings is 2. The van der Waals surface area contributed by atoms with Gasteiger partial charge in [-0.1, -0.05) is 20.8 Å². The largest absolute Gasteiger partial charge is 0.543 e. The summed E-state index contributed by atoms with van der Waals surface area (Å²) in [6.07, 6.45) is 0. The van der Waals surface area contributed by atoms with Crippen LogP contribution < -0.4 is 4.43 Å². The Labute approximate surface area is 188 Å². The number of aryl methyl sites for hydroxylation is 1. The lowest BCUT2D eigenvalue weighted by Crippen LogP contribution is -2.44. The average molecular weight is 604 g/mol. The molecular weight excluding hydrogens is 582 g/mol. The van der Waals surface area contributed by atoms with Gasteiger partial charge in [-0.3, -0.25) is 9.59 Å². The van der Waals surface area contributed by atoms with Gasteiger partial charge in [-0.2, -0.15) is 0 Å². The summed E-state index contributed by atoms with van der Waals surface area (Å²) in [6, 6.07) is 7.22. The van der Waals surface area contributed by atoms with Crippen LogP contribution in [0.4, 0.5) is 0 Å². The molecule has 0 radical (unpaired) electrons. The Morgan fingerprint density at radius 2 is 1.26 bits per heavy atom. The number of fused-ring (bicyclic) bond motifs is 2. The highest BCUT2D eigenvalue weighted by Crippen LogP contribution is 2.40. The summed E-state index contributed by atoms with van der Waals surface area (Å²) in [4.78, 5) is 26.2. The lowest BCUT2D eigenvalue weighted by atomic mass is 9.83. The van der Waals surface area contributed by atoms with Gasteiger partial charge in [0.05, 0.1) is 3.57 Å². The van der Waals surface area contributed by atoms with Crippen LogP contribution in [-0.4, -0.2) is 19.9 Å². The van der Waals surface area contributed by atoms with E-state index in [1.807, 2.05) is 19.1 Å². The van der Waals surface area contributed by atoms with Gasteiger partial charge in [0, 0.05) is 25.8 Å². The van der Waals surface area contributed by atoms with Crippen LogP contribution in [0.3, 0.4) is 0 Å². The molecule has 27 heavy (non-hydrogen) atoms. The minimum Gasteiger partial charge on any atom is -0.543 e. The van der Waals surface area contributed by atoms with Crippen LogP contribution in [0, 0.1) is 14.1 Å². The molecule has 2 aromatic carbocycles. The van der Waals surface area contributed by atoms with Crippen LogP contribution >= 0.6 is 45.2 Å². The number of ketones is 2. The predicted octanol–water partition coefficient (Wildman–Crippen LogP) is 6.36. The van der Waals surface area contributed by atoms with Crippen LogP contribution in [0.1, 0.15) is 58.2 Å². The predicted molar refractivity (Wildman–Crippen MR) is 128 cm³/mol. The topological polar surface area (TPSA) is 43.4 Å². The molecule has 0 saturated heterocycles. The molecule has 1 aliphatic carbocycles. The van der Waals surface area contributed by atoms with Crippen molar-refractivity contribution in [1.29, 1.82) is 0 Å². The third kappa shape index (κ3) is 3.64. The summed E-state index contributed by atoms with van der Waals surface area (Å²) in [5.41, 5.74) is 2.91. The standard InChI is InChI=1S/C21H22I2O3Si/c1-11-7-12-13(8-16(11)22)20(25)15-10-18(17(23)9-14(15)19(12)24)26-27(5,6)21(2,3)4/h7-10H,1-6H3. The van der Waals surface area contributed by atoms with Crippen molar-refractivity contribution < 1.29 is 14.0 Å². The van der Waals surface area contributed by atoms with E-state index in [0.29, 0.717) is 28.0 Å². The summed E-state index contributed by atoms with van der Waals surface area (Å²) >= 11 is 4.40. The minimum absolute atomic E-state index is 0.0477. The molecule has 2 aromatic rings. The molecule has 142 valence electrons. The molecule has 3 nitrogen and oxygen atoms in total. The number of hydrogen-bond donors (Lipinski definition) is 0. The number of carbonyl (C=O) groups excluding carboxylic acids is 2. The van der Waals surface area contributed by atoms with Gasteiger partial charge in [-0.05, 0) is 100 Å². The van der Waals surface area contributed by atoms with E-state index in [2.05, 4.69) is 79.0 Å². The van der Waals surface area contributed by atoms with Gasteiger partial charge < -0.3 is 4.43 Å². The Balaban J connectivity index is 2.13. The van der Waals surface area contributed by atoms with E-state index in [1.54, 1.807) is 12.1 Å². The molecule has 3 rings (SSSR count). The first-order valence-corrected chi connectivity index (χ1v) is 13.8. The number of halogens is 2. The van der Waals surface area contributed by atoms with E-state index < -0.39 is 8.32 Å². The summed E-state index contributed by atoms with van der Waals surface area (Å²) in [5, 5.41) is 0.0477. The molecular formula is C21H22I2O3Si. The Kier molecular flexibility index (Phi) is 5.40. The Hall–Kier alpha value is -0.743. The molecule has 0 N–H and O–H groups in total. The third-order valence-electron chi connectivity index (χ3n) is 5.52. The van der Waals surface area contributed by atoms with E-state index >= 15 is 0 Å². The van der Waals surface area contributed by atoms with Crippen molar-refractivity contribution in [2.24, 2.45) is 0 Å². The molecule has 0 aromatic heterocycles. The van der Waals surface area contributed by atoms with Crippen molar-refractivity contribution in [3.05, 3.63) is 59.2 Å². The molecule has 0 bridgehead atoms. The first-order valence-electron chi connectivity index (χ1n) is 8.75. The molecule has 0 unspecified atom stereocenters. The third-order valence-corrected chi connectivity index (χ3v) is 11.9. The van der Waals surface area contributed by atoms with Gasteiger partial charge in [-0.15, -0.1) is 0 Å². The Bertz CT molecular complexity index is 988. The van der Waals surface area contributed by atoms with Crippen LogP contribution in [-0.2, 0) is 0 Å². The molecule has 0 saturated carbocycles. The second kappa shape index (κ2) is 6.95. The Morgan fingerprint density at radius 1 is 0.815 bits per heavy atom. The van der Waals surface area contributed by atoms with Crippen LogP contribution in [0.2, 0.25) is 18.1 Å². The number of carbonyl (C=O) groups is 2. The highest BCUT2D eigenvalue weighted by atomic mass is 127. The molecule has 0 fully saturated rings. The Morgan fingerprint density at radius 3 is 1.78 bits per heavy atom. The molecule has 6 heteroatoms. The van der Waals surface area contributed by atoms with Crippen molar-refractivity contribution in [3.63, 3.8) is 0 Å². The fourth-order valence-electron chi connectivity index (χ4n) is 2.78. The monoisotopic (exact) mass is 604 g/mol. The molecule has 0 amide bonds. The maximum atomic E-state index is 13.1. The highest BCUT2D eigenvalue weighted by Gasteiger charge is 2.40. The summed E-state index contributed by atoms with van der Waals surface area (Å²) in [6.45, 7) is 12.8. The van der Waals surface area contributed by atoms with E-state index in [0.717, 1.165) is 12.7 Å². The van der Waals surface area contributed by atoms with E-state index in [-0.39, 0.29) is 16.6 Å². The normalized spacial score (nSPS) is 14.1. The van der Waals surface area contributed by atoms with E-state index in [9.17, 15) is 9.59 Å². The summed E-state index contributed by atoms with van der Waals surface area (Å²) in [7, 11) is -2.05. The zero-order valence-corrected chi connectivity index (χ0v) is 21.6. The second-order valence-electron chi connectivity index (χ2n) is 8.50. The fraction of sp³-hybridized carbons (Fsp3) is 0.333. The zero-order valence-electron chi connectivity index (χ0n) is 16.3. The maximum absolute atomic E-state index is 13.1. The van der Waals surface area contributed by atoms with Crippen LogP contribution in [0.15, 0.2) is 24.3 Å². The van der Waals surface area contributed by atoms with Crippen molar-refractivity contribution in [1.82, 2.24) is 0 Å². The van der Waals surface area contributed by atoms with Gasteiger partial charge in [0.1, 0.15) is 5.75 Å². The van der Waals surface area contributed by atoms with Gasteiger partial charge in [0.2, 0.25) is 0 Å². The molecule has 0 atom stereocenters. The van der Waals surface area contributed by atoms with Crippen molar-refractivity contribution in [3.8, 4) is 5.75 Å². The average Bonchev–Trinajstić information content (AvgIpc) is 2.54. The molecule has 0 heterocycles. The van der Waals surface area contributed by atoms with E-state index in [1.165, 1.54) is 0 Å². The van der Waals surface area contributed by atoms with Crippen LogP contribution in [0.5, 0.6) is 5.75 Å². The van der Waals surface area contributed by atoms with Gasteiger partial charge >= 0.3 is 0 Å². The second-order valence-corrected chi connectivity index (χ2v) is 15.5. The minimum atomic E-state index is -2.05. The van der Waals surface area contributed by atoms with Gasteiger partial charge in [0.15, 0.2) is 11.6 Å². The maximum Gasteiger partial charge on any atom is 0.250 e. The fourth-order valence-corrected chi connectivity index (χ4v) is 5.06. The van der Waals surface area contributed by atoms with Crippen molar-refractivity contribution >= 4 is 65.1 Å². The first kappa shape index (κ1) is 21.0. The smallest absolute Gasteiger partial charge is 0.250 e. The van der Waals surface area contributed by atoms with Crippen molar-refractivity contribution in [2.45, 2.75) is 45.8 Å². The molecule has 1 aliphatic rings. The molecule has 0 aliphatic heterocycles. The summed E-state index contributed by atoms with van der Waals surface area (Å²) in [5.74, 6) is 0.511. The lowest BCUT2D eigenvalue weighted by Gasteiger charge is -2.37. The summed E-state index contributed by atoms with van der Waals surface area (Å²) < 4.78 is 8.29. The first-order chi connectivity index (χ1) is 12.3. The van der Waals surface area contributed by atoms with Gasteiger partial charge in [-0.25, -0.2) is 0 Å². The molecule has 0 spiro atoms. The quantitative estimate of drug-likeness (QED) is 0.253. The number of hydrogen-bond acceptors (Lipinski definition) is 3. The van der Waals surface area contributed by atoms with Crippen LogP contribution in [0.25, 0.3) is 0 Å². The van der Waals surface area contributed by atoms with Crippen molar-refractivity contribution in [2.75, 3.05) is 0 Å². The lowest BCUT2D eigenvalue weighted by molar-refractivity contribution is 0.0978. The zero-order chi connectivity index (χ0) is 20.3. The number of rotatable bonds is 2. The SMILES string of the molecule is Cc1cc2c(cc1I)C(=O)c1cc(O[Si](C)(C)C(C)(C)C)c(I)cc1C2=O.